The fourth-order valence-corrected chi connectivity index (χ4v) is 0.922. The fraction of sp³-hybridized carbons (Fsp3) is 0.125. The second-order valence-electron chi connectivity index (χ2n) is 2.46. The van der Waals surface area contributed by atoms with Gasteiger partial charge in [-0.2, -0.15) is 0 Å². The Bertz CT molecular complexity index is 271. The number of hydrogen-bond donors (Lipinski definition) is 2. The number of benzene rings is 1. The van der Waals surface area contributed by atoms with E-state index in [1.165, 1.54) is 0 Å². The number of carbonyl (C=O) groups is 1. The van der Waals surface area contributed by atoms with E-state index in [4.69, 9.17) is 11.5 Å². The first-order chi connectivity index (χ1) is 5.15. The molecule has 0 saturated carbocycles. The van der Waals surface area contributed by atoms with E-state index in [-0.39, 0.29) is 0 Å². The van der Waals surface area contributed by atoms with Gasteiger partial charge in [0.15, 0.2) is 0 Å². The Morgan fingerprint density at radius 1 is 1.36 bits per heavy atom. The molecular weight excluding hydrogens is 140 g/mol. The Balaban J connectivity index is 3.31. The summed E-state index contributed by atoms with van der Waals surface area (Å²) in [6.07, 6.45) is 0.753. The van der Waals surface area contributed by atoms with Gasteiger partial charge in [0, 0.05) is 5.56 Å². The first-order valence-electron chi connectivity index (χ1n) is 3.26. The number of hydrogen-bond acceptors (Lipinski definition) is 3. The molecule has 11 heavy (non-hydrogen) atoms. The molecule has 3 heteroatoms. The fourth-order valence-electron chi connectivity index (χ4n) is 0.922. The summed E-state index contributed by atoms with van der Waals surface area (Å²) in [7, 11) is 0. The van der Waals surface area contributed by atoms with Gasteiger partial charge < -0.3 is 11.5 Å². The van der Waals surface area contributed by atoms with Crippen LogP contribution in [0.3, 0.4) is 0 Å². The van der Waals surface area contributed by atoms with E-state index in [9.17, 15) is 4.79 Å². The highest BCUT2D eigenvalue weighted by molar-refractivity contribution is 5.81. The van der Waals surface area contributed by atoms with Crippen LogP contribution < -0.4 is 11.5 Å². The molecule has 1 aromatic rings. The van der Waals surface area contributed by atoms with Crippen molar-refractivity contribution in [1.82, 2.24) is 0 Å². The molecule has 1 rings (SSSR count). The van der Waals surface area contributed by atoms with Crippen LogP contribution in [0.25, 0.3) is 0 Å². The molecule has 58 valence electrons. The summed E-state index contributed by atoms with van der Waals surface area (Å²) >= 11 is 0. The molecule has 0 amide bonds. The summed E-state index contributed by atoms with van der Waals surface area (Å²) in [5, 5.41) is 0. The standard InChI is InChI=1S/C8H10N2O/c1-5-2-6(4-11)3-7(9)8(5)10/h2-4H,9-10H2,1H3. The number of nitrogen functional groups attached to an aromatic ring is 2. The van der Waals surface area contributed by atoms with Gasteiger partial charge in [0.1, 0.15) is 6.29 Å². The van der Waals surface area contributed by atoms with E-state index >= 15 is 0 Å². The Morgan fingerprint density at radius 2 is 2.00 bits per heavy atom. The lowest BCUT2D eigenvalue weighted by Crippen LogP contribution is -1.98. The molecule has 3 nitrogen and oxygen atoms in total. The quantitative estimate of drug-likeness (QED) is 0.463. The molecule has 0 spiro atoms. The molecular formula is C8H10N2O. The molecule has 0 aromatic heterocycles. The normalized spacial score (nSPS) is 9.55. The predicted molar refractivity (Wildman–Crippen MR) is 45.4 cm³/mol. The average molecular weight is 150 g/mol. The Kier molecular flexibility index (Phi) is 1.81. The van der Waals surface area contributed by atoms with Gasteiger partial charge in [0.25, 0.3) is 0 Å². The largest absolute Gasteiger partial charge is 0.397 e. The van der Waals surface area contributed by atoms with Gasteiger partial charge in [-0.05, 0) is 24.6 Å². The van der Waals surface area contributed by atoms with E-state index in [1.54, 1.807) is 12.1 Å². The van der Waals surface area contributed by atoms with Crippen LogP contribution in [0.2, 0.25) is 0 Å². The smallest absolute Gasteiger partial charge is 0.150 e. The molecule has 4 N–H and O–H groups in total. The highest BCUT2D eigenvalue weighted by Crippen LogP contribution is 2.20. The maximum Gasteiger partial charge on any atom is 0.150 e. The van der Waals surface area contributed by atoms with Crippen molar-refractivity contribution in [2.45, 2.75) is 6.92 Å². The number of nitrogens with two attached hydrogens (primary N) is 2. The molecule has 0 saturated heterocycles. The maximum absolute atomic E-state index is 10.3. The Labute approximate surface area is 65.0 Å². The molecule has 0 bridgehead atoms. The molecule has 0 radical (unpaired) electrons. The van der Waals surface area contributed by atoms with Gasteiger partial charge >= 0.3 is 0 Å². The molecule has 1 aromatic carbocycles. The van der Waals surface area contributed by atoms with E-state index in [0.29, 0.717) is 16.9 Å². The van der Waals surface area contributed by atoms with Crippen LogP contribution in [0.15, 0.2) is 12.1 Å². The van der Waals surface area contributed by atoms with Gasteiger partial charge in [0.2, 0.25) is 0 Å². The zero-order chi connectivity index (χ0) is 8.43. The van der Waals surface area contributed by atoms with Crippen molar-refractivity contribution >= 4 is 17.7 Å². The minimum absolute atomic E-state index is 0.465. The third-order valence-electron chi connectivity index (χ3n) is 1.58. The predicted octanol–water partition coefficient (Wildman–Crippen LogP) is 0.972. The molecule has 0 fully saturated rings. The Hall–Kier alpha value is -1.51. The summed E-state index contributed by atoms with van der Waals surface area (Å²) in [5.74, 6) is 0. The molecule has 0 heterocycles. The van der Waals surface area contributed by atoms with Crippen molar-refractivity contribution in [3.05, 3.63) is 23.3 Å². The van der Waals surface area contributed by atoms with Crippen LogP contribution in [-0.2, 0) is 0 Å². The van der Waals surface area contributed by atoms with Gasteiger partial charge in [-0.3, -0.25) is 4.79 Å². The van der Waals surface area contributed by atoms with Crippen LogP contribution >= 0.6 is 0 Å². The van der Waals surface area contributed by atoms with Crippen molar-refractivity contribution in [1.29, 1.82) is 0 Å². The summed E-state index contributed by atoms with van der Waals surface area (Å²) in [6.45, 7) is 1.82. The van der Waals surface area contributed by atoms with Gasteiger partial charge in [0.05, 0.1) is 11.4 Å². The number of anilines is 2. The lowest BCUT2D eigenvalue weighted by molar-refractivity contribution is 0.112. The van der Waals surface area contributed by atoms with Crippen molar-refractivity contribution in [3.63, 3.8) is 0 Å². The van der Waals surface area contributed by atoms with Gasteiger partial charge in [-0.15, -0.1) is 0 Å². The van der Waals surface area contributed by atoms with Crippen LogP contribution in [-0.4, -0.2) is 6.29 Å². The Morgan fingerprint density at radius 3 is 2.45 bits per heavy atom. The molecule has 0 unspecified atom stereocenters. The summed E-state index contributed by atoms with van der Waals surface area (Å²) in [5.41, 5.74) is 13.5. The third kappa shape index (κ3) is 1.32. The zero-order valence-electron chi connectivity index (χ0n) is 6.29. The van der Waals surface area contributed by atoms with Crippen LogP contribution in [0.4, 0.5) is 11.4 Å². The third-order valence-corrected chi connectivity index (χ3v) is 1.58. The van der Waals surface area contributed by atoms with Crippen LogP contribution in [0, 0.1) is 6.92 Å². The van der Waals surface area contributed by atoms with E-state index in [2.05, 4.69) is 0 Å². The van der Waals surface area contributed by atoms with Gasteiger partial charge in [-0.1, -0.05) is 0 Å². The minimum atomic E-state index is 0.465. The zero-order valence-corrected chi connectivity index (χ0v) is 6.29. The van der Waals surface area contributed by atoms with Gasteiger partial charge in [-0.25, -0.2) is 0 Å². The summed E-state index contributed by atoms with van der Waals surface area (Å²) < 4.78 is 0. The summed E-state index contributed by atoms with van der Waals surface area (Å²) in [6, 6.07) is 3.27. The average Bonchev–Trinajstić information content (AvgIpc) is 1.99. The van der Waals surface area contributed by atoms with Crippen LogP contribution in [0.5, 0.6) is 0 Å². The number of aldehydes is 1. The lowest BCUT2D eigenvalue weighted by atomic mass is 10.1. The van der Waals surface area contributed by atoms with Crippen molar-refractivity contribution in [2.75, 3.05) is 11.5 Å². The number of carbonyl (C=O) groups excluding carboxylic acids is 1. The molecule has 0 aliphatic rings. The van der Waals surface area contributed by atoms with Crippen molar-refractivity contribution in [3.8, 4) is 0 Å². The van der Waals surface area contributed by atoms with E-state index in [0.717, 1.165) is 11.8 Å². The first kappa shape index (κ1) is 7.60. The van der Waals surface area contributed by atoms with E-state index in [1.807, 2.05) is 6.92 Å². The SMILES string of the molecule is Cc1cc(C=O)cc(N)c1N. The van der Waals surface area contributed by atoms with Crippen molar-refractivity contribution < 1.29 is 4.79 Å². The monoisotopic (exact) mass is 150 g/mol. The topological polar surface area (TPSA) is 69.1 Å². The molecule has 0 atom stereocenters. The highest BCUT2D eigenvalue weighted by atomic mass is 16.1. The maximum atomic E-state index is 10.3. The number of rotatable bonds is 1. The summed E-state index contributed by atoms with van der Waals surface area (Å²) in [4.78, 5) is 10.3. The second-order valence-corrected chi connectivity index (χ2v) is 2.46. The molecule has 0 aliphatic carbocycles. The highest BCUT2D eigenvalue weighted by Gasteiger charge is 2.00. The van der Waals surface area contributed by atoms with Crippen LogP contribution in [0.1, 0.15) is 15.9 Å². The lowest BCUT2D eigenvalue weighted by Gasteiger charge is -2.03. The minimum Gasteiger partial charge on any atom is -0.397 e. The second kappa shape index (κ2) is 2.62. The molecule has 0 aliphatic heterocycles. The van der Waals surface area contributed by atoms with Crippen molar-refractivity contribution in [2.24, 2.45) is 0 Å². The van der Waals surface area contributed by atoms with E-state index < -0.39 is 0 Å². The number of aryl methyl sites for hydroxylation is 1. The first-order valence-corrected chi connectivity index (χ1v) is 3.26.